The van der Waals surface area contributed by atoms with Gasteiger partial charge in [0.05, 0.1) is 12.7 Å². The summed E-state index contributed by atoms with van der Waals surface area (Å²) in [7, 11) is 1.59. The van der Waals surface area contributed by atoms with E-state index in [2.05, 4.69) is 21.2 Å². The third kappa shape index (κ3) is 3.09. The van der Waals surface area contributed by atoms with Gasteiger partial charge in [0.1, 0.15) is 5.75 Å². The number of carbonyl (C=O) groups excluding carboxylic acids is 1. The minimum atomic E-state index is 0.0422. The van der Waals surface area contributed by atoms with Gasteiger partial charge in [-0.2, -0.15) is 0 Å². The third-order valence-corrected chi connectivity index (χ3v) is 3.96. The van der Waals surface area contributed by atoms with Crippen LogP contribution in [-0.4, -0.2) is 43.6 Å². The minimum Gasteiger partial charge on any atom is -0.496 e. The van der Waals surface area contributed by atoms with Crippen LogP contribution in [-0.2, 0) is 0 Å². The molecule has 4 nitrogen and oxygen atoms in total. The molecule has 104 valence electrons. The summed E-state index contributed by atoms with van der Waals surface area (Å²) < 4.78 is 6.22. The quantitative estimate of drug-likeness (QED) is 0.923. The van der Waals surface area contributed by atoms with Gasteiger partial charge in [-0.15, -0.1) is 0 Å². The molecule has 0 saturated carbocycles. The Kier molecular flexibility index (Phi) is 4.82. The van der Waals surface area contributed by atoms with Gasteiger partial charge in [-0.05, 0) is 38.1 Å². The first kappa shape index (κ1) is 14.3. The molecule has 1 aliphatic heterocycles. The molecule has 2 rings (SSSR count). The molecule has 0 aliphatic carbocycles. The van der Waals surface area contributed by atoms with Gasteiger partial charge in [-0.25, -0.2) is 0 Å². The summed E-state index contributed by atoms with van der Waals surface area (Å²) in [4.78, 5) is 14.6. The van der Waals surface area contributed by atoms with E-state index < -0.39 is 0 Å². The Bertz CT molecular complexity index is 459. The Morgan fingerprint density at radius 3 is 2.95 bits per heavy atom. The topological polar surface area (TPSA) is 41.6 Å². The Hall–Kier alpha value is -1.07. The molecule has 19 heavy (non-hydrogen) atoms. The Morgan fingerprint density at radius 2 is 2.37 bits per heavy atom. The van der Waals surface area contributed by atoms with E-state index >= 15 is 0 Å². The van der Waals surface area contributed by atoms with Crippen molar-refractivity contribution in [3.05, 3.63) is 28.2 Å². The van der Waals surface area contributed by atoms with Crippen molar-refractivity contribution in [3.63, 3.8) is 0 Å². The molecule has 5 heteroatoms. The van der Waals surface area contributed by atoms with Gasteiger partial charge < -0.3 is 15.0 Å². The van der Waals surface area contributed by atoms with Crippen LogP contribution in [0, 0.1) is 0 Å². The largest absolute Gasteiger partial charge is 0.496 e. The molecule has 1 atom stereocenters. The summed E-state index contributed by atoms with van der Waals surface area (Å²) >= 11 is 3.39. The molecule has 1 N–H and O–H groups in total. The monoisotopic (exact) mass is 326 g/mol. The molecule has 1 fully saturated rings. The molecule has 0 bridgehead atoms. The zero-order chi connectivity index (χ0) is 13.8. The number of nitrogens with one attached hydrogen (secondary N) is 1. The van der Waals surface area contributed by atoms with Crippen LogP contribution in [0.3, 0.4) is 0 Å². The highest BCUT2D eigenvalue weighted by Gasteiger charge is 2.27. The van der Waals surface area contributed by atoms with Crippen molar-refractivity contribution in [2.75, 3.05) is 26.7 Å². The number of hydrogen-bond acceptors (Lipinski definition) is 3. The van der Waals surface area contributed by atoms with E-state index in [1.165, 1.54) is 0 Å². The first-order valence-electron chi connectivity index (χ1n) is 6.52. The van der Waals surface area contributed by atoms with Gasteiger partial charge in [0, 0.05) is 23.6 Å². The van der Waals surface area contributed by atoms with Gasteiger partial charge in [0.15, 0.2) is 0 Å². The highest BCUT2D eigenvalue weighted by atomic mass is 79.9. The second-order valence-electron chi connectivity index (χ2n) is 4.58. The van der Waals surface area contributed by atoms with Crippen molar-refractivity contribution in [2.45, 2.75) is 19.4 Å². The van der Waals surface area contributed by atoms with Crippen molar-refractivity contribution >= 4 is 21.8 Å². The van der Waals surface area contributed by atoms with Gasteiger partial charge in [-0.1, -0.05) is 15.9 Å². The van der Waals surface area contributed by atoms with Crippen LogP contribution in [0.5, 0.6) is 5.75 Å². The number of benzene rings is 1. The number of ether oxygens (including phenoxy) is 1. The van der Waals surface area contributed by atoms with E-state index in [9.17, 15) is 4.79 Å². The fourth-order valence-corrected chi connectivity index (χ4v) is 2.81. The number of nitrogens with zero attached hydrogens (tertiary/aromatic N) is 1. The summed E-state index contributed by atoms with van der Waals surface area (Å²) in [6.45, 7) is 4.58. The number of hydrogen-bond donors (Lipinski definition) is 1. The van der Waals surface area contributed by atoms with E-state index in [0.717, 1.165) is 24.0 Å². The maximum Gasteiger partial charge on any atom is 0.257 e. The zero-order valence-electron chi connectivity index (χ0n) is 11.3. The van der Waals surface area contributed by atoms with E-state index in [4.69, 9.17) is 4.74 Å². The van der Waals surface area contributed by atoms with Crippen molar-refractivity contribution in [1.29, 1.82) is 0 Å². The summed E-state index contributed by atoms with van der Waals surface area (Å²) in [5, 5.41) is 3.30. The average Bonchev–Trinajstić information content (AvgIpc) is 2.93. The highest BCUT2D eigenvalue weighted by molar-refractivity contribution is 9.10. The predicted molar refractivity (Wildman–Crippen MR) is 78.7 cm³/mol. The standard InChI is InChI=1S/C14H19BrN2O2/c1-3-17(11-6-7-16-9-11)14(18)12-5-4-10(15)8-13(12)19-2/h4-5,8,11,16H,3,6-7,9H2,1-2H3. The maximum atomic E-state index is 12.7. The van der Waals surface area contributed by atoms with Crippen molar-refractivity contribution < 1.29 is 9.53 Å². The van der Waals surface area contributed by atoms with Crippen LogP contribution >= 0.6 is 15.9 Å². The van der Waals surface area contributed by atoms with E-state index in [-0.39, 0.29) is 11.9 Å². The SMILES string of the molecule is CCN(C(=O)c1ccc(Br)cc1OC)C1CCNC1. The lowest BCUT2D eigenvalue weighted by molar-refractivity contribution is 0.0700. The van der Waals surface area contributed by atoms with Crippen LogP contribution in [0.4, 0.5) is 0 Å². The van der Waals surface area contributed by atoms with Gasteiger partial charge in [-0.3, -0.25) is 4.79 Å². The predicted octanol–water partition coefficient (Wildman–Crippen LogP) is 2.28. The number of methoxy groups -OCH3 is 1. The number of likely N-dealkylation sites (N-methyl/N-ethyl adjacent to an activating group) is 1. The van der Waals surface area contributed by atoms with E-state index in [1.54, 1.807) is 7.11 Å². The first-order chi connectivity index (χ1) is 9.17. The third-order valence-electron chi connectivity index (χ3n) is 3.47. The summed E-state index contributed by atoms with van der Waals surface area (Å²) in [5.41, 5.74) is 0.624. The zero-order valence-corrected chi connectivity index (χ0v) is 12.9. The van der Waals surface area contributed by atoms with Crippen LogP contribution < -0.4 is 10.1 Å². The minimum absolute atomic E-state index is 0.0422. The number of amides is 1. The summed E-state index contributed by atoms with van der Waals surface area (Å²) in [6.07, 6.45) is 1.01. The number of halogens is 1. The maximum absolute atomic E-state index is 12.7. The van der Waals surface area contributed by atoms with Crippen LogP contribution in [0.1, 0.15) is 23.7 Å². The van der Waals surface area contributed by atoms with Gasteiger partial charge >= 0.3 is 0 Å². The molecule has 1 heterocycles. The van der Waals surface area contributed by atoms with Crippen molar-refractivity contribution in [1.82, 2.24) is 10.2 Å². The second kappa shape index (κ2) is 6.39. The number of rotatable bonds is 4. The van der Waals surface area contributed by atoms with Crippen LogP contribution in [0.25, 0.3) is 0 Å². The van der Waals surface area contributed by atoms with E-state index in [1.807, 2.05) is 30.0 Å². The molecular weight excluding hydrogens is 308 g/mol. The molecule has 1 aliphatic rings. The molecule has 1 amide bonds. The van der Waals surface area contributed by atoms with E-state index in [0.29, 0.717) is 17.9 Å². The number of carbonyl (C=O) groups is 1. The highest BCUT2D eigenvalue weighted by Crippen LogP contribution is 2.25. The molecule has 0 aromatic heterocycles. The molecule has 1 aromatic carbocycles. The van der Waals surface area contributed by atoms with Gasteiger partial charge in [0.2, 0.25) is 0 Å². The Morgan fingerprint density at radius 1 is 1.58 bits per heavy atom. The Labute approximate surface area is 122 Å². The molecule has 1 aromatic rings. The lowest BCUT2D eigenvalue weighted by Gasteiger charge is -2.27. The summed E-state index contributed by atoms with van der Waals surface area (Å²) in [5.74, 6) is 0.657. The first-order valence-corrected chi connectivity index (χ1v) is 7.32. The molecule has 0 spiro atoms. The Balaban J connectivity index is 2.26. The molecule has 0 radical (unpaired) electrons. The van der Waals surface area contributed by atoms with Crippen LogP contribution in [0.15, 0.2) is 22.7 Å². The fourth-order valence-electron chi connectivity index (χ4n) is 2.47. The van der Waals surface area contributed by atoms with Crippen molar-refractivity contribution in [3.8, 4) is 5.75 Å². The summed E-state index contributed by atoms with van der Waals surface area (Å²) in [6, 6.07) is 5.80. The van der Waals surface area contributed by atoms with Crippen LogP contribution in [0.2, 0.25) is 0 Å². The molecule has 1 saturated heterocycles. The normalized spacial score (nSPS) is 18.4. The van der Waals surface area contributed by atoms with Crippen molar-refractivity contribution in [2.24, 2.45) is 0 Å². The average molecular weight is 327 g/mol. The van der Waals surface area contributed by atoms with Gasteiger partial charge in [0.25, 0.3) is 5.91 Å². The second-order valence-corrected chi connectivity index (χ2v) is 5.50. The lowest BCUT2D eigenvalue weighted by Crippen LogP contribution is -2.41. The lowest BCUT2D eigenvalue weighted by atomic mass is 10.1. The molecular formula is C14H19BrN2O2. The fraction of sp³-hybridized carbons (Fsp3) is 0.500. The smallest absolute Gasteiger partial charge is 0.257 e. The molecule has 1 unspecified atom stereocenters.